The second kappa shape index (κ2) is 8.28. The van der Waals surface area contributed by atoms with E-state index in [9.17, 15) is 0 Å². The second-order valence-corrected chi connectivity index (χ2v) is 6.76. The minimum absolute atomic E-state index is 0.0792. The van der Waals surface area contributed by atoms with Crippen LogP contribution in [0, 0.1) is 5.92 Å². The SMILES string of the molecule is CCCC(C)COc1c(CNC(C)(C)C)cccc1OC. The zero-order valence-corrected chi connectivity index (χ0v) is 14.5. The Bertz CT molecular complexity index is 424. The zero-order valence-electron chi connectivity index (χ0n) is 14.5. The van der Waals surface area contributed by atoms with Gasteiger partial charge in [-0.15, -0.1) is 0 Å². The van der Waals surface area contributed by atoms with Crippen molar-refractivity contribution in [2.45, 2.75) is 59.5 Å². The maximum Gasteiger partial charge on any atom is 0.165 e. The van der Waals surface area contributed by atoms with Gasteiger partial charge in [0.25, 0.3) is 0 Å². The fourth-order valence-corrected chi connectivity index (χ4v) is 2.19. The monoisotopic (exact) mass is 293 g/mol. The highest BCUT2D eigenvalue weighted by Crippen LogP contribution is 2.32. The maximum absolute atomic E-state index is 6.07. The van der Waals surface area contributed by atoms with Gasteiger partial charge in [-0.1, -0.05) is 32.4 Å². The van der Waals surface area contributed by atoms with Gasteiger partial charge in [-0.05, 0) is 39.2 Å². The van der Waals surface area contributed by atoms with Crippen molar-refractivity contribution in [3.63, 3.8) is 0 Å². The lowest BCUT2D eigenvalue weighted by atomic mass is 10.1. The summed E-state index contributed by atoms with van der Waals surface area (Å²) in [6.45, 7) is 12.4. The van der Waals surface area contributed by atoms with E-state index in [0.717, 1.165) is 30.2 Å². The second-order valence-electron chi connectivity index (χ2n) is 6.76. The van der Waals surface area contributed by atoms with E-state index in [1.807, 2.05) is 12.1 Å². The molecule has 1 aromatic carbocycles. The minimum Gasteiger partial charge on any atom is -0.493 e. The van der Waals surface area contributed by atoms with Gasteiger partial charge in [-0.2, -0.15) is 0 Å². The first kappa shape index (κ1) is 17.8. The quantitative estimate of drug-likeness (QED) is 0.770. The number of methoxy groups -OCH3 is 1. The van der Waals surface area contributed by atoms with Gasteiger partial charge in [-0.3, -0.25) is 0 Å². The summed E-state index contributed by atoms with van der Waals surface area (Å²) in [5.74, 6) is 2.25. The predicted octanol–water partition coefficient (Wildman–Crippen LogP) is 4.40. The molecular weight excluding hydrogens is 262 g/mol. The van der Waals surface area contributed by atoms with Crippen LogP contribution in [0.1, 0.15) is 53.0 Å². The highest BCUT2D eigenvalue weighted by atomic mass is 16.5. The van der Waals surface area contributed by atoms with Crippen molar-refractivity contribution < 1.29 is 9.47 Å². The van der Waals surface area contributed by atoms with E-state index in [4.69, 9.17) is 9.47 Å². The Hall–Kier alpha value is -1.22. The molecule has 0 aliphatic carbocycles. The van der Waals surface area contributed by atoms with E-state index in [1.165, 1.54) is 12.8 Å². The molecule has 3 heteroatoms. The third-order valence-electron chi connectivity index (χ3n) is 3.38. The molecule has 0 fully saturated rings. The lowest BCUT2D eigenvalue weighted by molar-refractivity contribution is 0.237. The fourth-order valence-electron chi connectivity index (χ4n) is 2.19. The van der Waals surface area contributed by atoms with Crippen molar-refractivity contribution >= 4 is 0 Å². The molecule has 0 amide bonds. The van der Waals surface area contributed by atoms with E-state index in [1.54, 1.807) is 7.11 Å². The first-order valence-corrected chi connectivity index (χ1v) is 7.91. The number of para-hydroxylation sites is 1. The molecule has 3 nitrogen and oxygen atoms in total. The van der Waals surface area contributed by atoms with Crippen molar-refractivity contribution in [3.8, 4) is 11.5 Å². The Morgan fingerprint density at radius 2 is 1.95 bits per heavy atom. The zero-order chi connectivity index (χ0) is 15.9. The third kappa shape index (κ3) is 6.38. The van der Waals surface area contributed by atoms with Crippen molar-refractivity contribution in [3.05, 3.63) is 23.8 Å². The maximum atomic E-state index is 6.07. The van der Waals surface area contributed by atoms with Crippen LogP contribution in [0.25, 0.3) is 0 Å². The van der Waals surface area contributed by atoms with Crippen LogP contribution >= 0.6 is 0 Å². The molecule has 21 heavy (non-hydrogen) atoms. The molecule has 0 aliphatic heterocycles. The number of benzene rings is 1. The molecule has 0 heterocycles. The molecule has 0 saturated carbocycles. The van der Waals surface area contributed by atoms with Crippen LogP contribution in [0.5, 0.6) is 11.5 Å². The molecule has 0 radical (unpaired) electrons. The summed E-state index contributed by atoms with van der Waals surface area (Å²) < 4.78 is 11.5. The molecule has 1 unspecified atom stereocenters. The Balaban J connectivity index is 2.82. The van der Waals surface area contributed by atoms with E-state index >= 15 is 0 Å². The van der Waals surface area contributed by atoms with Gasteiger partial charge < -0.3 is 14.8 Å². The van der Waals surface area contributed by atoms with Gasteiger partial charge in [0.15, 0.2) is 11.5 Å². The minimum atomic E-state index is 0.0792. The average Bonchev–Trinajstić information content (AvgIpc) is 2.42. The Morgan fingerprint density at radius 1 is 1.24 bits per heavy atom. The summed E-state index contributed by atoms with van der Waals surface area (Å²) >= 11 is 0. The van der Waals surface area contributed by atoms with Crippen LogP contribution in [0.4, 0.5) is 0 Å². The Kier molecular flexibility index (Phi) is 7.03. The molecule has 0 aliphatic rings. The third-order valence-corrected chi connectivity index (χ3v) is 3.38. The average molecular weight is 293 g/mol. The van der Waals surface area contributed by atoms with Crippen molar-refractivity contribution in [1.82, 2.24) is 5.32 Å². The van der Waals surface area contributed by atoms with Crippen LogP contribution in [0.3, 0.4) is 0 Å². The molecule has 120 valence electrons. The first-order chi connectivity index (χ1) is 9.87. The summed E-state index contributed by atoms with van der Waals surface area (Å²) in [4.78, 5) is 0. The first-order valence-electron chi connectivity index (χ1n) is 7.91. The Morgan fingerprint density at radius 3 is 2.52 bits per heavy atom. The number of rotatable bonds is 8. The van der Waals surface area contributed by atoms with E-state index in [0.29, 0.717) is 5.92 Å². The van der Waals surface area contributed by atoms with Gasteiger partial charge >= 0.3 is 0 Å². The highest BCUT2D eigenvalue weighted by Gasteiger charge is 2.15. The molecule has 1 N–H and O–H groups in total. The molecule has 0 bridgehead atoms. The van der Waals surface area contributed by atoms with Gasteiger partial charge in [0.2, 0.25) is 0 Å². The lowest BCUT2D eigenvalue weighted by Crippen LogP contribution is -2.35. The molecule has 1 aromatic rings. The summed E-state index contributed by atoms with van der Waals surface area (Å²) in [6.07, 6.45) is 2.37. The number of hydrogen-bond acceptors (Lipinski definition) is 3. The molecule has 0 saturated heterocycles. The summed E-state index contributed by atoms with van der Waals surface area (Å²) in [7, 11) is 1.69. The summed E-state index contributed by atoms with van der Waals surface area (Å²) in [5.41, 5.74) is 1.23. The van der Waals surface area contributed by atoms with Gasteiger partial charge in [0.05, 0.1) is 13.7 Å². The smallest absolute Gasteiger partial charge is 0.165 e. The number of hydrogen-bond donors (Lipinski definition) is 1. The summed E-state index contributed by atoms with van der Waals surface area (Å²) in [5, 5.41) is 3.51. The molecular formula is C18H31NO2. The van der Waals surface area contributed by atoms with Crippen LogP contribution in [0.15, 0.2) is 18.2 Å². The van der Waals surface area contributed by atoms with Gasteiger partial charge in [-0.25, -0.2) is 0 Å². The topological polar surface area (TPSA) is 30.5 Å². The molecule has 0 spiro atoms. The Labute approximate surface area is 130 Å². The standard InChI is InChI=1S/C18H31NO2/c1-7-9-14(2)13-21-17-15(12-19-18(3,4)5)10-8-11-16(17)20-6/h8,10-11,14,19H,7,9,12-13H2,1-6H3. The van der Waals surface area contributed by atoms with Gasteiger partial charge in [0.1, 0.15) is 0 Å². The van der Waals surface area contributed by atoms with Crippen LogP contribution < -0.4 is 14.8 Å². The molecule has 1 rings (SSSR count). The largest absolute Gasteiger partial charge is 0.493 e. The van der Waals surface area contributed by atoms with Crippen LogP contribution in [-0.4, -0.2) is 19.3 Å². The normalized spacial score (nSPS) is 13.0. The van der Waals surface area contributed by atoms with E-state index < -0.39 is 0 Å². The molecule has 0 aromatic heterocycles. The summed E-state index contributed by atoms with van der Waals surface area (Å²) in [6, 6.07) is 6.07. The number of ether oxygens (including phenoxy) is 2. The van der Waals surface area contributed by atoms with Crippen LogP contribution in [-0.2, 0) is 6.54 Å². The lowest BCUT2D eigenvalue weighted by Gasteiger charge is -2.23. The highest BCUT2D eigenvalue weighted by molar-refractivity contribution is 5.46. The van der Waals surface area contributed by atoms with Crippen LogP contribution in [0.2, 0.25) is 0 Å². The predicted molar refractivity (Wildman–Crippen MR) is 89.2 cm³/mol. The van der Waals surface area contributed by atoms with Crippen molar-refractivity contribution in [2.75, 3.05) is 13.7 Å². The fraction of sp³-hybridized carbons (Fsp3) is 0.667. The van der Waals surface area contributed by atoms with E-state index in [2.05, 4.69) is 46.0 Å². The van der Waals surface area contributed by atoms with E-state index in [-0.39, 0.29) is 5.54 Å². The molecule has 1 atom stereocenters. The van der Waals surface area contributed by atoms with Gasteiger partial charge in [0, 0.05) is 17.6 Å². The van der Waals surface area contributed by atoms with Crippen molar-refractivity contribution in [2.24, 2.45) is 5.92 Å². The number of nitrogens with one attached hydrogen (secondary N) is 1. The van der Waals surface area contributed by atoms with Crippen molar-refractivity contribution in [1.29, 1.82) is 0 Å².